The maximum Gasteiger partial charge on any atom is 0.317 e. The molecule has 2 N–H and O–H groups in total. The van der Waals surface area contributed by atoms with Crippen molar-refractivity contribution in [3.63, 3.8) is 0 Å². The number of anilines is 1. The van der Waals surface area contributed by atoms with Gasteiger partial charge in [-0.2, -0.15) is 0 Å². The van der Waals surface area contributed by atoms with Crippen LogP contribution in [0.2, 0.25) is 0 Å². The SMILES string of the molecule is CCCNC(=O)N1C[C@H](C)[C@@H](OC)CN(C)C(=O)c2ccc(NC(C)=O)cc2OC[C@H]1C. The first-order valence-corrected chi connectivity index (χ1v) is 11.0. The lowest BCUT2D eigenvalue weighted by molar-refractivity contribution is -0.114. The second kappa shape index (κ2) is 11.7. The molecule has 1 aromatic rings. The van der Waals surface area contributed by atoms with Crippen molar-refractivity contribution >= 4 is 23.5 Å². The third-order valence-corrected chi connectivity index (χ3v) is 5.55. The van der Waals surface area contributed by atoms with E-state index in [-0.39, 0.29) is 42.5 Å². The predicted octanol–water partition coefficient (Wildman–Crippen LogP) is 2.57. The molecular formula is C23H36N4O5. The van der Waals surface area contributed by atoms with Crippen molar-refractivity contribution < 1.29 is 23.9 Å². The van der Waals surface area contributed by atoms with Crippen LogP contribution >= 0.6 is 0 Å². The molecule has 0 aromatic heterocycles. The van der Waals surface area contributed by atoms with E-state index in [0.717, 1.165) is 6.42 Å². The van der Waals surface area contributed by atoms with E-state index >= 15 is 0 Å². The average Bonchev–Trinajstić information content (AvgIpc) is 2.75. The summed E-state index contributed by atoms with van der Waals surface area (Å²) in [5.41, 5.74) is 0.922. The zero-order chi connectivity index (χ0) is 23.8. The summed E-state index contributed by atoms with van der Waals surface area (Å²) in [6.07, 6.45) is 0.590. The number of rotatable bonds is 4. The Bertz CT molecular complexity index is 816. The topological polar surface area (TPSA) is 100 Å². The summed E-state index contributed by atoms with van der Waals surface area (Å²) in [5.74, 6) is -0.0671. The third-order valence-electron chi connectivity index (χ3n) is 5.55. The van der Waals surface area contributed by atoms with Crippen LogP contribution in [0.5, 0.6) is 5.75 Å². The summed E-state index contributed by atoms with van der Waals surface area (Å²) in [4.78, 5) is 40.8. The number of nitrogens with zero attached hydrogens (tertiary/aromatic N) is 2. The molecule has 0 spiro atoms. The van der Waals surface area contributed by atoms with Crippen LogP contribution in [0, 0.1) is 5.92 Å². The van der Waals surface area contributed by atoms with Gasteiger partial charge in [-0.3, -0.25) is 9.59 Å². The molecule has 1 heterocycles. The minimum Gasteiger partial charge on any atom is -0.491 e. The molecule has 0 aliphatic carbocycles. The Morgan fingerprint density at radius 1 is 1.25 bits per heavy atom. The van der Waals surface area contributed by atoms with E-state index in [1.54, 1.807) is 42.2 Å². The van der Waals surface area contributed by atoms with Gasteiger partial charge in [-0.1, -0.05) is 13.8 Å². The first-order valence-electron chi connectivity index (χ1n) is 11.0. The number of hydrogen-bond donors (Lipinski definition) is 2. The molecule has 3 atom stereocenters. The van der Waals surface area contributed by atoms with E-state index in [1.165, 1.54) is 6.92 Å². The van der Waals surface area contributed by atoms with Crippen LogP contribution in [0.15, 0.2) is 18.2 Å². The molecule has 4 amide bonds. The van der Waals surface area contributed by atoms with Crippen LogP contribution < -0.4 is 15.4 Å². The number of ether oxygens (including phenoxy) is 2. The van der Waals surface area contributed by atoms with E-state index in [1.807, 2.05) is 20.8 Å². The van der Waals surface area contributed by atoms with Gasteiger partial charge >= 0.3 is 6.03 Å². The molecule has 0 unspecified atom stereocenters. The van der Waals surface area contributed by atoms with Gasteiger partial charge in [0.25, 0.3) is 5.91 Å². The monoisotopic (exact) mass is 448 g/mol. The Balaban J connectivity index is 2.42. The number of carbonyl (C=O) groups is 3. The molecule has 1 aromatic carbocycles. The van der Waals surface area contributed by atoms with Crippen LogP contribution in [0.25, 0.3) is 0 Å². The van der Waals surface area contributed by atoms with Gasteiger partial charge in [-0.05, 0) is 25.5 Å². The summed E-state index contributed by atoms with van der Waals surface area (Å²) in [6.45, 7) is 8.95. The van der Waals surface area contributed by atoms with E-state index in [9.17, 15) is 14.4 Å². The van der Waals surface area contributed by atoms with E-state index < -0.39 is 0 Å². The predicted molar refractivity (Wildman–Crippen MR) is 123 cm³/mol. The van der Waals surface area contributed by atoms with Gasteiger partial charge in [0, 0.05) is 58.4 Å². The van der Waals surface area contributed by atoms with Gasteiger partial charge in [0.2, 0.25) is 5.91 Å². The number of methoxy groups -OCH3 is 1. The molecule has 1 aliphatic rings. The molecule has 0 radical (unpaired) electrons. The second-order valence-corrected chi connectivity index (χ2v) is 8.37. The number of nitrogens with one attached hydrogen (secondary N) is 2. The summed E-state index contributed by atoms with van der Waals surface area (Å²) < 4.78 is 11.7. The van der Waals surface area contributed by atoms with Crippen LogP contribution in [0.4, 0.5) is 10.5 Å². The molecular weight excluding hydrogens is 412 g/mol. The lowest BCUT2D eigenvalue weighted by atomic mass is 10.0. The van der Waals surface area contributed by atoms with Crippen molar-refractivity contribution in [2.24, 2.45) is 5.92 Å². The molecule has 178 valence electrons. The van der Waals surface area contributed by atoms with Crippen LogP contribution in [-0.4, -0.2) is 80.2 Å². The molecule has 1 aliphatic heterocycles. The van der Waals surface area contributed by atoms with Crippen molar-refractivity contribution in [2.45, 2.75) is 46.3 Å². The highest BCUT2D eigenvalue weighted by Gasteiger charge is 2.30. The molecule has 32 heavy (non-hydrogen) atoms. The molecule has 0 saturated carbocycles. The Labute approximate surface area is 190 Å². The Morgan fingerprint density at radius 2 is 1.97 bits per heavy atom. The standard InChI is InChI=1S/C23H36N4O5/c1-7-10-24-23(30)27-12-15(2)21(31-6)13-26(5)22(29)19-9-8-18(25-17(4)28)11-20(19)32-14-16(27)3/h8-9,11,15-16,21H,7,10,12-14H2,1-6H3,(H,24,30)(H,25,28)/t15-,16+,21-/m0/s1. The number of hydrogen-bond acceptors (Lipinski definition) is 5. The molecule has 9 heteroatoms. The number of urea groups is 1. The minimum absolute atomic E-state index is 0.00823. The third kappa shape index (κ3) is 6.59. The van der Waals surface area contributed by atoms with Crippen LogP contribution in [-0.2, 0) is 9.53 Å². The fraction of sp³-hybridized carbons (Fsp3) is 0.609. The van der Waals surface area contributed by atoms with Gasteiger partial charge in [-0.15, -0.1) is 0 Å². The number of fused-ring (bicyclic) bond motifs is 1. The van der Waals surface area contributed by atoms with Crippen molar-refractivity contribution in [3.05, 3.63) is 23.8 Å². The molecule has 9 nitrogen and oxygen atoms in total. The van der Waals surface area contributed by atoms with Gasteiger partial charge < -0.3 is 29.9 Å². The fourth-order valence-corrected chi connectivity index (χ4v) is 3.67. The summed E-state index contributed by atoms with van der Waals surface area (Å²) in [6, 6.07) is 4.55. The van der Waals surface area contributed by atoms with Gasteiger partial charge in [0.05, 0.1) is 17.7 Å². The smallest absolute Gasteiger partial charge is 0.317 e. The zero-order valence-electron chi connectivity index (χ0n) is 19.9. The highest BCUT2D eigenvalue weighted by molar-refractivity contribution is 5.98. The minimum atomic E-state index is -0.253. The number of carbonyl (C=O) groups excluding carboxylic acids is 3. The normalized spacial score (nSPS) is 22.2. The van der Waals surface area contributed by atoms with Gasteiger partial charge in [0.1, 0.15) is 12.4 Å². The quantitative estimate of drug-likeness (QED) is 0.737. The van der Waals surface area contributed by atoms with Gasteiger partial charge in [0.15, 0.2) is 0 Å². The number of benzene rings is 1. The first-order chi connectivity index (χ1) is 15.2. The van der Waals surface area contributed by atoms with E-state index in [2.05, 4.69) is 10.6 Å². The molecule has 0 saturated heterocycles. The zero-order valence-corrected chi connectivity index (χ0v) is 19.9. The van der Waals surface area contributed by atoms with Crippen molar-refractivity contribution in [3.8, 4) is 5.75 Å². The van der Waals surface area contributed by atoms with Crippen LogP contribution in [0.3, 0.4) is 0 Å². The molecule has 2 rings (SSSR count). The summed E-state index contributed by atoms with van der Waals surface area (Å²) in [7, 11) is 3.33. The highest BCUT2D eigenvalue weighted by atomic mass is 16.5. The first kappa shape index (κ1) is 25.5. The van der Waals surface area contributed by atoms with Crippen molar-refractivity contribution in [1.29, 1.82) is 0 Å². The second-order valence-electron chi connectivity index (χ2n) is 8.37. The summed E-state index contributed by atoms with van der Waals surface area (Å²) >= 11 is 0. The van der Waals surface area contributed by atoms with E-state index in [4.69, 9.17) is 9.47 Å². The van der Waals surface area contributed by atoms with Gasteiger partial charge in [-0.25, -0.2) is 4.79 Å². The largest absolute Gasteiger partial charge is 0.491 e. The Hall–Kier alpha value is -2.81. The Morgan fingerprint density at radius 3 is 2.59 bits per heavy atom. The average molecular weight is 449 g/mol. The highest BCUT2D eigenvalue weighted by Crippen LogP contribution is 2.26. The lowest BCUT2D eigenvalue weighted by Crippen LogP contribution is -2.51. The molecule has 0 fully saturated rings. The van der Waals surface area contributed by atoms with Crippen molar-refractivity contribution in [2.75, 3.05) is 45.7 Å². The van der Waals surface area contributed by atoms with E-state index in [0.29, 0.717) is 36.6 Å². The van der Waals surface area contributed by atoms with Crippen LogP contribution in [0.1, 0.15) is 44.5 Å². The maximum absolute atomic E-state index is 13.2. The lowest BCUT2D eigenvalue weighted by Gasteiger charge is -2.36. The fourth-order valence-electron chi connectivity index (χ4n) is 3.67. The Kier molecular flexibility index (Phi) is 9.31. The number of likely N-dealkylation sites (N-methyl/N-ethyl adjacent to an activating group) is 1. The summed E-state index contributed by atoms with van der Waals surface area (Å²) in [5, 5.41) is 5.65. The number of amides is 4. The molecule has 0 bridgehead atoms. The van der Waals surface area contributed by atoms with Crippen molar-refractivity contribution in [1.82, 2.24) is 15.1 Å². The maximum atomic E-state index is 13.2.